The Morgan fingerprint density at radius 3 is 2.60 bits per heavy atom. The van der Waals surface area contributed by atoms with Gasteiger partial charge in [-0.2, -0.15) is 0 Å². The Hall–Kier alpha value is -2.53. The summed E-state index contributed by atoms with van der Waals surface area (Å²) in [5.74, 6) is -0.444. The molecule has 1 fully saturated rings. The first-order valence-corrected chi connectivity index (χ1v) is 14.1. The van der Waals surface area contributed by atoms with Crippen LogP contribution in [0.1, 0.15) is 56.3 Å². The highest BCUT2D eigenvalue weighted by Crippen LogP contribution is 2.35. The predicted octanol–water partition coefficient (Wildman–Crippen LogP) is 2.25. The minimum absolute atomic E-state index is 0.121. The van der Waals surface area contributed by atoms with E-state index < -0.39 is 22.2 Å². The second-order valence-corrected chi connectivity index (χ2v) is 11.6. The Labute approximate surface area is 208 Å². The highest BCUT2D eigenvalue weighted by molar-refractivity contribution is 7.92. The van der Waals surface area contributed by atoms with Gasteiger partial charge in [-0.1, -0.05) is 32.3 Å². The number of carbonyl (C=O) groups excluding carboxylic acids is 2. The molecule has 1 saturated carbocycles. The number of aliphatic hydroxyl groups excluding tert-OH is 1. The van der Waals surface area contributed by atoms with E-state index in [0.717, 1.165) is 31.9 Å². The average Bonchev–Trinajstić information content (AvgIpc) is 2.80. The van der Waals surface area contributed by atoms with Crippen molar-refractivity contribution in [1.29, 1.82) is 0 Å². The van der Waals surface area contributed by atoms with Gasteiger partial charge in [-0.3, -0.25) is 9.52 Å². The fourth-order valence-electron chi connectivity index (χ4n) is 4.63. The Morgan fingerprint density at radius 1 is 1.29 bits per heavy atom. The number of rotatable bonds is 7. The molecule has 3 atom stereocenters. The van der Waals surface area contributed by atoms with E-state index in [-0.39, 0.29) is 54.1 Å². The Morgan fingerprint density at radius 2 is 1.97 bits per heavy atom. The number of fused-ring (bicyclic) bond motifs is 1. The summed E-state index contributed by atoms with van der Waals surface area (Å²) in [5.41, 5.74) is 0.355. The van der Waals surface area contributed by atoms with Crippen LogP contribution in [-0.4, -0.2) is 86.4 Å². The van der Waals surface area contributed by atoms with Gasteiger partial charge in [0.1, 0.15) is 6.10 Å². The van der Waals surface area contributed by atoms with Crippen LogP contribution in [0.25, 0.3) is 0 Å². The van der Waals surface area contributed by atoms with Gasteiger partial charge in [0.25, 0.3) is 5.91 Å². The molecular weight excluding hydrogens is 472 g/mol. The number of hydrogen-bond donors (Lipinski definition) is 3. The third-order valence-corrected chi connectivity index (χ3v) is 7.31. The summed E-state index contributed by atoms with van der Waals surface area (Å²) in [5, 5.41) is 12.9. The fraction of sp³-hybridized carbons (Fsp3) is 0.667. The summed E-state index contributed by atoms with van der Waals surface area (Å²) in [7, 11) is -1.93. The van der Waals surface area contributed by atoms with Crippen molar-refractivity contribution in [2.24, 2.45) is 5.92 Å². The minimum Gasteiger partial charge on any atom is -0.485 e. The summed E-state index contributed by atoms with van der Waals surface area (Å²) in [4.78, 5) is 29.4. The van der Waals surface area contributed by atoms with Crippen molar-refractivity contribution in [3.05, 3.63) is 23.8 Å². The van der Waals surface area contributed by atoms with Crippen molar-refractivity contribution >= 4 is 27.6 Å². The van der Waals surface area contributed by atoms with Crippen LogP contribution in [0.3, 0.4) is 0 Å². The lowest BCUT2D eigenvalue weighted by Crippen LogP contribution is -2.52. The maximum absolute atomic E-state index is 13.4. The van der Waals surface area contributed by atoms with Gasteiger partial charge in [0.15, 0.2) is 5.75 Å². The Kier molecular flexibility index (Phi) is 8.87. The first-order chi connectivity index (χ1) is 16.5. The quantitative estimate of drug-likeness (QED) is 0.516. The maximum atomic E-state index is 13.4. The lowest BCUT2D eigenvalue weighted by molar-refractivity contribution is 0.0368. The molecule has 1 aliphatic carbocycles. The zero-order chi connectivity index (χ0) is 25.8. The van der Waals surface area contributed by atoms with Crippen molar-refractivity contribution in [3.63, 3.8) is 0 Å². The number of urea groups is 1. The van der Waals surface area contributed by atoms with Crippen LogP contribution in [0.15, 0.2) is 18.2 Å². The second kappa shape index (κ2) is 11.5. The molecule has 3 rings (SSSR count). The van der Waals surface area contributed by atoms with E-state index in [1.807, 2.05) is 6.92 Å². The molecule has 0 aromatic heterocycles. The maximum Gasteiger partial charge on any atom is 0.317 e. The van der Waals surface area contributed by atoms with Gasteiger partial charge < -0.3 is 25.0 Å². The van der Waals surface area contributed by atoms with Crippen LogP contribution < -0.4 is 14.8 Å². The molecule has 1 aromatic carbocycles. The van der Waals surface area contributed by atoms with Crippen molar-refractivity contribution in [1.82, 2.24) is 15.1 Å². The Bertz CT molecular complexity index is 1010. The number of nitrogens with one attached hydrogen (secondary N) is 2. The summed E-state index contributed by atoms with van der Waals surface area (Å²) < 4.78 is 32.7. The highest BCUT2D eigenvalue weighted by atomic mass is 32.2. The topological polar surface area (TPSA) is 128 Å². The number of nitrogens with zero attached hydrogens (tertiary/aromatic N) is 2. The third kappa shape index (κ3) is 7.00. The van der Waals surface area contributed by atoms with Crippen LogP contribution in [-0.2, 0) is 10.0 Å². The number of amides is 3. The van der Waals surface area contributed by atoms with Crippen LogP contribution >= 0.6 is 0 Å². The number of sulfonamides is 1. The van der Waals surface area contributed by atoms with Crippen LogP contribution in [0, 0.1) is 5.92 Å². The van der Waals surface area contributed by atoms with Gasteiger partial charge in [0.05, 0.1) is 36.7 Å². The van der Waals surface area contributed by atoms with Crippen molar-refractivity contribution < 1.29 is 27.9 Å². The number of ether oxygens (including phenoxy) is 1. The molecule has 0 saturated heterocycles. The van der Waals surface area contributed by atoms with Crippen molar-refractivity contribution in [2.75, 3.05) is 37.7 Å². The molecule has 196 valence electrons. The zero-order valence-electron chi connectivity index (χ0n) is 21.0. The summed E-state index contributed by atoms with van der Waals surface area (Å²) in [6, 6.07) is 4.23. The number of anilines is 1. The fourth-order valence-corrected chi connectivity index (χ4v) is 5.19. The molecule has 35 heavy (non-hydrogen) atoms. The number of carbonyl (C=O) groups is 2. The third-order valence-electron chi connectivity index (χ3n) is 6.72. The first kappa shape index (κ1) is 27.1. The molecule has 1 aromatic rings. The molecule has 1 aliphatic heterocycles. The number of likely N-dealkylation sites (N-methyl/N-ethyl adjacent to an activating group) is 1. The molecule has 3 N–H and O–H groups in total. The summed E-state index contributed by atoms with van der Waals surface area (Å²) >= 11 is 0. The molecule has 1 heterocycles. The molecule has 0 bridgehead atoms. The van der Waals surface area contributed by atoms with E-state index in [1.54, 1.807) is 35.9 Å². The van der Waals surface area contributed by atoms with Crippen LogP contribution in [0.2, 0.25) is 0 Å². The molecule has 0 spiro atoms. The highest BCUT2D eigenvalue weighted by Gasteiger charge is 2.35. The molecule has 11 heteroatoms. The van der Waals surface area contributed by atoms with E-state index in [2.05, 4.69) is 10.0 Å². The standard InChI is InChI=1S/C24H38N4O6S/c1-16-13-28(17(2)15-29)23(30)19-11-8-12-20(26-35(4,32)33)22(19)34-21(16)14-27(3)24(31)25-18-9-6-5-7-10-18/h8,11-12,16-18,21,26,29H,5-7,9-10,13-15H2,1-4H3,(H,25,31)/t16-,17-,21-/m1/s1. The van der Waals surface area contributed by atoms with Gasteiger partial charge in [-0.05, 0) is 31.9 Å². The number of benzene rings is 1. The Balaban J connectivity index is 1.91. The molecule has 3 amide bonds. The van der Waals surface area contributed by atoms with Crippen molar-refractivity contribution in [3.8, 4) is 5.75 Å². The normalized spacial score (nSPS) is 22.3. The number of para-hydroxylation sites is 1. The SMILES string of the molecule is C[C@@H]1CN([C@H](C)CO)C(=O)c2cccc(NS(C)(=O)=O)c2O[C@@H]1CN(C)C(=O)NC1CCCCC1. The molecule has 10 nitrogen and oxygen atoms in total. The lowest BCUT2D eigenvalue weighted by atomic mass is 9.96. The molecular formula is C24H38N4O6S. The number of hydrogen-bond acceptors (Lipinski definition) is 6. The monoisotopic (exact) mass is 510 g/mol. The van der Waals surface area contributed by atoms with Crippen LogP contribution in [0.5, 0.6) is 5.75 Å². The van der Waals surface area contributed by atoms with E-state index in [1.165, 1.54) is 12.5 Å². The van der Waals surface area contributed by atoms with Gasteiger partial charge in [-0.15, -0.1) is 0 Å². The molecule has 0 unspecified atom stereocenters. The molecule has 2 aliphatic rings. The zero-order valence-corrected chi connectivity index (χ0v) is 21.8. The summed E-state index contributed by atoms with van der Waals surface area (Å²) in [6.45, 7) is 4.00. The largest absolute Gasteiger partial charge is 0.485 e. The average molecular weight is 511 g/mol. The predicted molar refractivity (Wildman–Crippen MR) is 134 cm³/mol. The van der Waals surface area contributed by atoms with E-state index >= 15 is 0 Å². The van der Waals surface area contributed by atoms with E-state index in [0.29, 0.717) is 6.54 Å². The first-order valence-electron chi connectivity index (χ1n) is 12.2. The van der Waals surface area contributed by atoms with Gasteiger partial charge >= 0.3 is 6.03 Å². The van der Waals surface area contributed by atoms with Gasteiger partial charge in [-0.25, -0.2) is 13.2 Å². The smallest absolute Gasteiger partial charge is 0.317 e. The number of aliphatic hydroxyl groups is 1. The van der Waals surface area contributed by atoms with Crippen LogP contribution in [0.4, 0.5) is 10.5 Å². The van der Waals surface area contributed by atoms with Gasteiger partial charge in [0.2, 0.25) is 10.0 Å². The lowest BCUT2D eigenvalue weighted by Gasteiger charge is -2.38. The van der Waals surface area contributed by atoms with E-state index in [4.69, 9.17) is 4.74 Å². The summed E-state index contributed by atoms with van der Waals surface area (Å²) in [6.07, 6.45) is 5.86. The second-order valence-electron chi connectivity index (χ2n) is 9.84. The minimum atomic E-state index is -3.64. The molecule has 0 radical (unpaired) electrons. The van der Waals surface area contributed by atoms with Gasteiger partial charge in [0, 0.05) is 25.6 Å². The van der Waals surface area contributed by atoms with E-state index in [9.17, 15) is 23.1 Å². The van der Waals surface area contributed by atoms with Crippen molar-refractivity contribution in [2.45, 2.75) is 64.1 Å².